The van der Waals surface area contributed by atoms with Crippen LogP contribution < -0.4 is 15.0 Å². The van der Waals surface area contributed by atoms with Crippen molar-refractivity contribution in [1.82, 2.24) is 15.0 Å². The van der Waals surface area contributed by atoms with Gasteiger partial charge in [-0.05, 0) is 38.5 Å². The van der Waals surface area contributed by atoms with Gasteiger partial charge in [0.1, 0.15) is 17.7 Å². The molecule has 0 unspecified atom stereocenters. The smallest absolute Gasteiger partial charge is 0.318 e. The second-order valence-corrected chi connectivity index (χ2v) is 8.60. The SMILES string of the molecule is CC(=O)Nc1cc2c(cn1)C1(CC1)CN2c1cc(C)nc(OC2CC(C)C2)n1. The lowest BCUT2D eigenvalue weighted by atomic mass is 9.84. The zero-order valence-electron chi connectivity index (χ0n) is 16.5. The van der Waals surface area contributed by atoms with Gasteiger partial charge in [-0.15, -0.1) is 0 Å². The van der Waals surface area contributed by atoms with Crippen molar-refractivity contribution in [1.29, 1.82) is 0 Å². The van der Waals surface area contributed by atoms with Gasteiger partial charge in [0.25, 0.3) is 0 Å². The quantitative estimate of drug-likeness (QED) is 0.876. The summed E-state index contributed by atoms with van der Waals surface area (Å²) in [5, 5.41) is 2.79. The molecule has 7 heteroatoms. The lowest BCUT2D eigenvalue weighted by Crippen LogP contribution is -2.32. The van der Waals surface area contributed by atoms with Crippen LogP contribution >= 0.6 is 0 Å². The van der Waals surface area contributed by atoms with Crippen molar-refractivity contribution in [3.63, 3.8) is 0 Å². The molecule has 1 amide bonds. The van der Waals surface area contributed by atoms with Gasteiger partial charge in [0, 0.05) is 48.5 Å². The number of anilines is 3. The van der Waals surface area contributed by atoms with E-state index in [0.717, 1.165) is 49.4 Å². The molecule has 1 N–H and O–H groups in total. The highest BCUT2D eigenvalue weighted by Crippen LogP contribution is 2.58. The standard InChI is InChI=1S/C21H25N5O2/c1-12-6-15(7-12)28-20-23-13(2)8-19(25-20)26-11-21(4-5-21)16-10-22-18(9-17(16)26)24-14(3)27/h8-10,12,15H,4-7,11H2,1-3H3,(H,22,24,27). The zero-order valence-corrected chi connectivity index (χ0v) is 16.5. The number of carbonyl (C=O) groups excluding carboxylic acids is 1. The highest BCUT2D eigenvalue weighted by molar-refractivity contribution is 5.89. The van der Waals surface area contributed by atoms with Gasteiger partial charge >= 0.3 is 6.01 Å². The van der Waals surface area contributed by atoms with Crippen LogP contribution in [0, 0.1) is 12.8 Å². The van der Waals surface area contributed by atoms with E-state index in [1.807, 2.05) is 25.3 Å². The summed E-state index contributed by atoms with van der Waals surface area (Å²) in [6, 6.07) is 4.41. The van der Waals surface area contributed by atoms with Gasteiger partial charge in [-0.1, -0.05) is 6.92 Å². The highest BCUT2D eigenvalue weighted by atomic mass is 16.5. The number of hydrogen-bond acceptors (Lipinski definition) is 6. The summed E-state index contributed by atoms with van der Waals surface area (Å²) in [5.41, 5.74) is 3.37. The van der Waals surface area contributed by atoms with Crippen molar-refractivity contribution in [2.75, 3.05) is 16.8 Å². The van der Waals surface area contributed by atoms with Crippen molar-refractivity contribution in [3.05, 3.63) is 29.6 Å². The molecular weight excluding hydrogens is 354 g/mol. The summed E-state index contributed by atoms with van der Waals surface area (Å²) in [5.74, 6) is 2.01. The number of fused-ring (bicyclic) bond motifs is 2. The predicted octanol–water partition coefficient (Wildman–Crippen LogP) is 3.50. The molecule has 2 aromatic rings. The third kappa shape index (κ3) is 2.99. The second-order valence-electron chi connectivity index (χ2n) is 8.60. The summed E-state index contributed by atoms with van der Waals surface area (Å²) < 4.78 is 6.02. The third-order valence-corrected chi connectivity index (χ3v) is 6.06. The minimum absolute atomic E-state index is 0.124. The Morgan fingerprint density at radius 1 is 1.29 bits per heavy atom. The van der Waals surface area contributed by atoms with E-state index in [9.17, 15) is 4.79 Å². The molecule has 0 atom stereocenters. The normalized spacial score (nSPS) is 23.9. The fourth-order valence-electron chi connectivity index (χ4n) is 4.37. The minimum atomic E-state index is -0.124. The molecule has 2 aromatic heterocycles. The first-order chi connectivity index (χ1) is 13.4. The van der Waals surface area contributed by atoms with E-state index in [0.29, 0.717) is 17.7 Å². The van der Waals surface area contributed by atoms with E-state index in [1.165, 1.54) is 12.5 Å². The molecule has 28 heavy (non-hydrogen) atoms. The van der Waals surface area contributed by atoms with Crippen LogP contribution in [-0.4, -0.2) is 33.5 Å². The molecule has 1 aliphatic heterocycles. The Morgan fingerprint density at radius 3 is 2.75 bits per heavy atom. The Hall–Kier alpha value is -2.70. The molecule has 0 saturated heterocycles. The average molecular weight is 379 g/mol. The molecule has 146 valence electrons. The number of ether oxygens (including phenoxy) is 1. The molecule has 2 saturated carbocycles. The summed E-state index contributed by atoms with van der Waals surface area (Å²) in [7, 11) is 0. The van der Waals surface area contributed by atoms with Gasteiger partial charge < -0.3 is 15.0 Å². The van der Waals surface area contributed by atoms with Gasteiger partial charge in [0.2, 0.25) is 5.91 Å². The number of amides is 1. The number of pyridine rings is 1. The van der Waals surface area contributed by atoms with Crippen molar-refractivity contribution in [2.24, 2.45) is 5.92 Å². The van der Waals surface area contributed by atoms with Crippen molar-refractivity contribution in [2.45, 2.75) is 58.0 Å². The van der Waals surface area contributed by atoms with Gasteiger partial charge in [-0.25, -0.2) is 9.97 Å². The predicted molar refractivity (Wildman–Crippen MR) is 106 cm³/mol. The Labute approximate surface area is 164 Å². The van der Waals surface area contributed by atoms with Crippen LogP contribution in [0.2, 0.25) is 0 Å². The van der Waals surface area contributed by atoms with Crippen LogP contribution in [0.4, 0.5) is 17.3 Å². The fraction of sp³-hybridized carbons (Fsp3) is 0.524. The van der Waals surface area contributed by atoms with Crippen molar-refractivity contribution < 1.29 is 9.53 Å². The van der Waals surface area contributed by atoms with Crippen LogP contribution in [0.5, 0.6) is 6.01 Å². The molecule has 5 rings (SSSR count). The Balaban J connectivity index is 1.48. The lowest BCUT2D eigenvalue weighted by Gasteiger charge is -2.32. The number of carbonyl (C=O) groups is 1. The number of nitrogens with one attached hydrogen (secondary N) is 1. The summed E-state index contributed by atoms with van der Waals surface area (Å²) in [4.78, 5) is 27.3. The van der Waals surface area contributed by atoms with E-state index in [2.05, 4.69) is 27.1 Å². The van der Waals surface area contributed by atoms with Gasteiger partial charge in [-0.3, -0.25) is 4.79 Å². The molecule has 0 aromatic carbocycles. The number of aromatic nitrogens is 3. The van der Waals surface area contributed by atoms with E-state index in [1.54, 1.807) is 0 Å². The number of rotatable bonds is 4. The first-order valence-corrected chi connectivity index (χ1v) is 10.00. The molecule has 3 aliphatic rings. The fourth-order valence-corrected chi connectivity index (χ4v) is 4.37. The molecule has 1 spiro atoms. The van der Waals surface area contributed by atoms with E-state index in [4.69, 9.17) is 9.72 Å². The molecule has 0 radical (unpaired) electrons. The first-order valence-electron chi connectivity index (χ1n) is 10.00. The highest BCUT2D eigenvalue weighted by Gasteiger charge is 2.52. The molecule has 0 bridgehead atoms. The monoisotopic (exact) mass is 379 g/mol. The van der Waals surface area contributed by atoms with Gasteiger partial charge in [0.15, 0.2) is 0 Å². The van der Waals surface area contributed by atoms with Gasteiger partial charge in [0.05, 0.1) is 5.69 Å². The largest absolute Gasteiger partial charge is 0.460 e. The maximum absolute atomic E-state index is 11.5. The average Bonchev–Trinajstić information content (AvgIpc) is 3.30. The van der Waals surface area contributed by atoms with E-state index < -0.39 is 0 Å². The van der Waals surface area contributed by atoms with Gasteiger partial charge in [-0.2, -0.15) is 4.98 Å². The van der Waals surface area contributed by atoms with Crippen molar-refractivity contribution >= 4 is 23.2 Å². The van der Waals surface area contributed by atoms with Crippen LogP contribution in [-0.2, 0) is 10.2 Å². The second kappa shape index (κ2) is 6.15. The third-order valence-electron chi connectivity index (χ3n) is 6.06. The van der Waals surface area contributed by atoms with Crippen LogP contribution in [0.15, 0.2) is 18.3 Å². The minimum Gasteiger partial charge on any atom is -0.460 e. The maximum Gasteiger partial charge on any atom is 0.318 e. The van der Waals surface area contributed by atoms with Crippen LogP contribution in [0.3, 0.4) is 0 Å². The maximum atomic E-state index is 11.5. The first kappa shape index (κ1) is 17.4. The van der Waals surface area contributed by atoms with E-state index >= 15 is 0 Å². The summed E-state index contributed by atoms with van der Waals surface area (Å²) >= 11 is 0. The van der Waals surface area contributed by atoms with Crippen LogP contribution in [0.1, 0.15) is 50.8 Å². The van der Waals surface area contributed by atoms with Crippen LogP contribution in [0.25, 0.3) is 0 Å². The molecular formula is C21H25N5O2. The Bertz CT molecular complexity index is 950. The summed E-state index contributed by atoms with van der Waals surface area (Å²) in [6.45, 7) is 6.58. The Kier molecular flexibility index (Phi) is 3.82. The molecule has 2 fully saturated rings. The summed E-state index contributed by atoms with van der Waals surface area (Å²) in [6.07, 6.45) is 6.58. The van der Waals surface area contributed by atoms with Crippen molar-refractivity contribution in [3.8, 4) is 6.01 Å². The number of nitrogens with zero attached hydrogens (tertiary/aromatic N) is 4. The molecule has 7 nitrogen and oxygen atoms in total. The zero-order chi connectivity index (χ0) is 19.5. The number of aryl methyl sites for hydroxylation is 1. The number of hydrogen-bond donors (Lipinski definition) is 1. The lowest BCUT2D eigenvalue weighted by molar-refractivity contribution is -0.114. The molecule has 2 aliphatic carbocycles. The molecule has 3 heterocycles. The topological polar surface area (TPSA) is 80.2 Å². The van der Waals surface area contributed by atoms with E-state index in [-0.39, 0.29) is 17.4 Å². The Morgan fingerprint density at radius 2 is 2.07 bits per heavy atom.